The van der Waals surface area contributed by atoms with Crippen molar-refractivity contribution in [1.29, 1.82) is 0 Å². The molecule has 2 aromatic heterocycles. The Bertz CT molecular complexity index is 1330. The van der Waals surface area contributed by atoms with Crippen LogP contribution in [0.25, 0.3) is 10.9 Å². The molecule has 3 heterocycles. The number of pyridine rings is 2. The molecule has 1 aliphatic rings. The van der Waals surface area contributed by atoms with Gasteiger partial charge in [0.15, 0.2) is 5.84 Å². The molecule has 1 unspecified atom stereocenters. The highest BCUT2D eigenvalue weighted by molar-refractivity contribution is 7.90. The van der Waals surface area contributed by atoms with E-state index in [1.807, 2.05) is 0 Å². The van der Waals surface area contributed by atoms with Crippen LogP contribution in [0.15, 0.2) is 56.8 Å². The van der Waals surface area contributed by atoms with E-state index in [2.05, 4.69) is 28.5 Å². The van der Waals surface area contributed by atoms with E-state index in [0.717, 1.165) is 12.8 Å². The number of anilines is 1. The Hall–Kier alpha value is -3.20. The van der Waals surface area contributed by atoms with Crippen LogP contribution in [-0.4, -0.2) is 28.9 Å². The van der Waals surface area contributed by atoms with E-state index in [1.165, 1.54) is 18.5 Å². The molecule has 1 atom stereocenters. The molecule has 0 bridgehead atoms. The second-order valence-electron chi connectivity index (χ2n) is 7.41. The molecule has 0 saturated heterocycles. The molecule has 156 valence electrons. The van der Waals surface area contributed by atoms with Crippen LogP contribution in [-0.2, 0) is 16.6 Å². The molecule has 9 heteroatoms. The summed E-state index contributed by atoms with van der Waals surface area (Å²) >= 11 is 0. The zero-order valence-electron chi connectivity index (χ0n) is 16.7. The third kappa shape index (κ3) is 3.35. The second kappa shape index (κ2) is 7.56. The van der Waals surface area contributed by atoms with Gasteiger partial charge in [0.25, 0.3) is 15.6 Å². The van der Waals surface area contributed by atoms with E-state index in [-0.39, 0.29) is 27.7 Å². The molecule has 30 heavy (non-hydrogen) atoms. The molecule has 0 amide bonds. The average Bonchev–Trinajstić information content (AvgIpc) is 2.73. The molecule has 8 nitrogen and oxygen atoms in total. The lowest BCUT2D eigenvalue weighted by atomic mass is 10.0. The lowest BCUT2D eigenvalue weighted by Crippen LogP contribution is -2.33. The van der Waals surface area contributed by atoms with Gasteiger partial charge in [-0.25, -0.2) is 0 Å². The van der Waals surface area contributed by atoms with Crippen molar-refractivity contribution in [3.05, 3.63) is 58.6 Å². The smallest absolute Gasteiger partial charge is 0.287 e. The number of hydrogen-bond acceptors (Lipinski definition) is 6. The van der Waals surface area contributed by atoms with Crippen molar-refractivity contribution in [3.63, 3.8) is 0 Å². The number of sulfonamides is 1. The highest BCUT2D eigenvalue weighted by Crippen LogP contribution is 2.31. The van der Waals surface area contributed by atoms with Crippen molar-refractivity contribution in [2.75, 3.05) is 5.32 Å². The minimum Gasteiger partial charge on any atom is -0.506 e. The number of aryl methyl sites for hydroxylation is 1. The molecule has 0 fully saturated rings. The predicted molar refractivity (Wildman–Crippen MR) is 116 cm³/mol. The molecule has 2 N–H and O–H groups in total. The zero-order valence-corrected chi connectivity index (χ0v) is 17.5. The summed E-state index contributed by atoms with van der Waals surface area (Å²) < 4.78 is 30.6. The minimum atomic E-state index is -4.06. The summed E-state index contributed by atoms with van der Waals surface area (Å²) in [6.45, 7) is 4.65. The van der Waals surface area contributed by atoms with Crippen molar-refractivity contribution in [1.82, 2.24) is 9.55 Å². The molecular formula is C21H22N4O4S. The molecule has 0 aliphatic carbocycles. The van der Waals surface area contributed by atoms with Crippen LogP contribution >= 0.6 is 0 Å². The van der Waals surface area contributed by atoms with Crippen molar-refractivity contribution in [2.45, 2.75) is 38.1 Å². The summed E-state index contributed by atoms with van der Waals surface area (Å²) in [7, 11) is -4.06. The molecule has 0 radical (unpaired) electrons. The van der Waals surface area contributed by atoms with E-state index in [0.29, 0.717) is 23.4 Å². The van der Waals surface area contributed by atoms with Crippen molar-refractivity contribution < 1.29 is 13.5 Å². The molecule has 1 aromatic carbocycles. The van der Waals surface area contributed by atoms with E-state index in [9.17, 15) is 18.3 Å². The van der Waals surface area contributed by atoms with Crippen LogP contribution in [0.2, 0.25) is 0 Å². The lowest BCUT2D eigenvalue weighted by molar-refractivity contribution is 0.460. The van der Waals surface area contributed by atoms with Crippen LogP contribution in [0.1, 0.15) is 32.3 Å². The van der Waals surface area contributed by atoms with Gasteiger partial charge >= 0.3 is 0 Å². The third-order valence-electron chi connectivity index (χ3n) is 5.45. The number of benzene rings is 1. The number of hydrogen-bond donors (Lipinski definition) is 2. The molecular weight excluding hydrogens is 404 g/mol. The van der Waals surface area contributed by atoms with Crippen LogP contribution in [0.5, 0.6) is 5.75 Å². The minimum absolute atomic E-state index is 0.0777. The summed E-state index contributed by atoms with van der Waals surface area (Å²) in [5, 5.41) is 14.2. The maximum atomic E-state index is 13.4. The van der Waals surface area contributed by atoms with Gasteiger partial charge in [-0.3, -0.25) is 9.78 Å². The molecule has 0 spiro atoms. The Morgan fingerprint density at radius 2 is 2.00 bits per heavy atom. The van der Waals surface area contributed by atoms with E-state index in [4.69, 9.17) is 0 Å². The van der Waals surface area contributed by atoms with Gasteiger partial charge in [-0.2, -0.15) is 8.42 Å². The standard InChI is InChI=1S/C21H22N4O4S/c1-3-13(2)9-11-25-16-7-5-4-6-14(16)19(26)18(21(25)27)20-23-15-8-10-22-12-17(15)30(28,29)24-20/h4-8,10,12-13,26H,3,9,11H2,1-2H3,(H,23,24). The summed E-state index contributed by atoms with van der Waals surface area (Å²) in [6, 6.07) is 8.50. The topological polar surface area (TPSA) is 114 Å². The SMILES string of the molecule is CCC(C)CCn1c(=O)c(C2=NS(=O)(=O)c3cnccc3N2)c(O)c2ccccc21. The van der Waals surface area contributed by atoms with Crippen LogP contribution in [0.4, 0.5) is 5.69 Å². The summed E-state index contributed by atoms with van der Waals surface area (Å²) in [6.07, 6.45) is 4.39. The van der Waals surface area contributed by atoms with Gasteiger partial charge < -0.3 is 15.0 Å². The first kappa shape index (κ1) is 20.1. The van der Waals surface area contributed by atoms with E-state index >= 15 is 0 Å². The third-order valence-corrected chi connectivity index (χ3v) is 6.76. The summed E-state index contributed by atoms with van der Waals surface area (Å²) in [4.78, 5) is 17.2. The quantitative estimate of drug-likeness (QED) is 0.648. The molecule has 1 aliphatic heterocycles. The first-order valence-electron chi connectivity index (χ1n) is 9.74. The molecule has 4 rings (SSSR count). The normalized spacial score (nSPS) is 15.9. The number of nitrogens with one attached hydrogen (secondary N) is 1. The monoisotopic (exact) mass is 426 g/mol. The van der Waals surface area contributed by atoms with Crippen LogP contribution in [0.3, 0.4) is 0 Å². The fourth-order valence-corrected chi connectivity index (χ4v) is 4.56. The lowest BCUT2D eigenvalue weighted by Gasteiger charge is -2.20. The Morgan fingerprint density at radius 3 is 2.77 bits per heavy atom. The van der Waals surface area contributed by atoms with Crippen molar-refractivity contribution >= 4 is 32.4 Å². The van der Waals surface area contributed by atoms with Crippen molar-refractivity contribution in [3.8, 4) is 5.75 Å². The molecule has 0 saturated carbocycles. The zero-order chi connectivity index (χ0) is 21.5. The largest absolute Gasteiger partial charge is 0.506 e. The van der Waals surface area contributed by atoms with E-state index in [1.54, 1.807) is 28.8 Å². The Kier molecular flexibility index (Phi) is 5.07. The Balaban J connectivity index is 1.94. The van der Waals surface area contributed by atoms with Gasteiger partial charge in [0.1, 0.15) is 16.2 Å². The fraction of sp³-hybridized carbons (Fsp3) is 0.286. The number of amidine groups is 1. The predicted octanol–water partition coefficient (Wildman–Crippen LogP) is 3.10. The first-order valence-corrected chi connectivity index (χ1v) is 11.2. The first-order chi connectivity index (χ1) is 14.3. The summed E-state index contributed by atoms with van der Waals surface area (Å²) in [5.74, 6) is -0.0774. The maximum absolute atomic E-state index is 13.4. The van der Waals surface area contributed by atoms with Gasteiger partial charge in [0, 0.05) is 24.3 Å². The van der Waals surface area contributed by atoms with Gasteiger partial charge in [-0.1, -0.05) is 32.4 Å². The molecule has 3 aromatic rings. The Morgan fingerprint density at radius 1 is 1.23 bits per heavy atom. The second-order valence-corrected chi connectivity index (χ2v) is 8.98. The van der Waals surface area contributed by atoms with Crippen molar-refractivity contribution in [2.24, 2.45) is 10.3 Å². The highest BCUT2D eigenvalue weighted by atomic mass is 32.2. The highest BCUT2D eigenvalue weighted by Gasteiger charge is 2.30. The Labute approximate surface area is 174 Å². The van der Waals surface area contributed by atoms with Gasteiger partial charge in [0.05, 0.1) is 11.2 Å². The van der Waals surface area contributed by atoms with Crippen LogP contribution in [0, 0.1) is 5.92 Å². The van der Waals surface area contributed by atoms with E-state index < -0.39 is 15.6 Å². The maximum Gasteiger partial charge on any atom is 0.287 e. The fourth-order valence-electron chi connectivity index (χ4n) is 3.50. The van der Waals surface area contributed by atoms with Gasteiger partial charge in [-0.15, -0.1) is 4.40 Å². The summed E-state index contributed by atoms with van der Waals surface area (Å²) in [5.41, 5.74) is 0.196. The number of rotatable bonds is 5. The average molecular weight is 426 g/mol. The van der Waals surface area contributed by atoms with Crippen LogP contribution < -0.4 is 10.9 Å². The number of para-hydroxylation sites is 1. The number of fused-ring (bicyclic) bond motifs is 2. The number of aromatic hydroxyl groups is 1. The van der Waals surface area contributed by atoms with Gasteiger partial charge in [0.2, 0.25) is 0 Å². The number of aromatic nitrogens is 2. The van der Waals surface area contributed by atoms with Gasteiger partial charge in [-0.05, 0) is 30.5 Å². The number of nitrogens with zero attached hydrogens (tertiary/aromatic N) is 3.